The number of carbonyl (C=O) groups is 1. The van der Waals surface area contributed by atoms with E-state index in [1.54, 1.807) is 23.3 Å². The highest BCUT2D eigenvalue weighted by Gasteiger charge is 2.34. The number of amides is 1. The third kappa shape index (κ3) is 4.57. The lowest BCUT2D eigenvalue weighted by atomic mass is 9.92. The molecule has 0 radical (unpaired) electrons. The Balaban J connectivity index is 1.49. The van der Waals surface area contributed by atoms with Crippen molar-refractivity contribution in [3.8, 4) is 0 Å². The number of hydrogen-bond acceptors (Lipinski definition) is 6. The van der Waals surface area contributed by atoms with E-state index in [1.165, 1.54) is 0 Å². The molecule has 140 valence electrons. The standard InChI is InChI=1S/C18H26N6O2/c1-14-15(11-23(2)22-14)4-5-17(25)21-12-18(26)6-3-9-24(13-18)16-10-19-7-8-20-16/h7-8,10-11,26H,3-6,9,12-13H2,1-2H3,(H,21,25)/t18-/m0/s1. The highest BCUT2D eigenvalue weighted by atomic mass is 16.3. The first-order chi connectivity index (χ1) is 12.5. The highest BCUT2D eigenvalue weighted by molar-refractivity contribution is 5.76. The number of aryl methyl sites for hydroxylation is 3. The third-order valence-electron chi connectivity index (χ3n) is 4.78. The maximum absolute atomic E-state index is 12.2. The quantitative estimate of drug-likeness (QED) is 0.785. The summed E-state index contributed by atoms with van der Waals surface area (Å²) in [5.74, 6) is 0.697. The lowest BCUT2D eigenvalue weighted by molar-refractivity contribution is -0.122. The molecule has 1 aliphatic rings. The maximum atomic E-state index is 12.2. The van der Waals surface area contributed by atoms with Crippen LogP contribution in [0.5, 0.6) is 0 Å². The van der Waals surface area contributed by atoms with Crippen LogP contribution in [0.4, 0.5) is 5.82 Å². The molecule has 0 spiro atoms. The number of anilines is 1. The minimum absolute atomic E-state index is 0.0571. The normalized spacial score (nSPS) is 20.2. The van der Waals surface area contributed by atoms with Crippen molar-refractivity contribution in [3.05, 3.63) is 36.0 Å². The predicted molar refractivity (Wildman–Crippen MR) is 97.7 cm³/mol. The number of rotatable bonds is 6. The van der Waals surface area contributed by atoms with E-state index < -0.39 is 5.60 Å². The van der Waals surface area contributed by atoms with Crippen LogP contribution in [0.1, 0.15) is 30.5 Å². The molecule has 26 heavy (non-hydrogen) atoms. The van der Waals surface area contributed by atoms with Crippen molar-refractivity contribution in [2.24, 2.45) is 7.05 Å². The lowest BCUT2D eigenvalue weighted by Crippen LogP contribution is -2.54. The van der Waals surface area contributed by atoms with Crippen molar-refractivity contribution >= 4 is 11.7 Å². The molecule has 1 amide bonds. The van der Waals surface area contributed by atoms with E-state index in [4.69, 9.17) is 0 Å². The molecule has 1 fully saturated rings. The van der Waals surface area contributed by atoms with Gasteiger partial charge < -0.3 is 15.3 Å². The smallest absolute Gasteiger partial charge is 0.220 e. The molecule has 0 bridgehead atoms. The molecule has 3 rings (SSSR count). The Kier molecular flexibility index (Phi) is 5.51. The van der Waals surface area contributed by atoms with Crippen LogP contribution >= 0.6 is 0 Å². The van der Waals surface area contributed by atoms with Crippen LogP contribution in [-0.4, -0.2) is 56.0 Å². The van der Waals surface area contributed by atoms with Gasteiger partial charge in [0, 0.05) is 51.7 Å². The molecule has 1 aliphatic heterocycles. The van der Waals surface area contributed by atoms with Gasteiger partial charge in [0.25, 0.3) is 0 Å². The van der Waals surface area contributed by atoms with Crippen molar-refractivity contribution in [1.82, 2.24) is 25.1 Å². The average Bonchev–Trinajstić information content (AvgIpc) is 2.96. The zero-order valence-electron chi connectivity index (χ0n) is 15.4. The van der Waals surface area contributed by atoms with Gasteiger partial charge in [0.2, 0.25) is 5.91 Å². The topological polar surface area (TPSA) is 96.2 Å². The fraction of sp³-hybridized carbons (Fsp3) is 0.556. The van der Waals surface area contributed by atoms with Gasteiger partial charge in [-0.2, -0.15) is 5.10 Å². The van der Waals surface area contributed by atoms with Crippen LogP contribution in [0.25, 0.3) is 0 Å². The summed E-state index contributed by atoms with van der Waals surface area (Å²) in [7, 11) is 1.87. The van der Waals surface area contributed by atoms with E-state index in [-0.39, 0.29) is 12.5 Å². The molecule has 0 saturated carbocycles. The van der Waals surface area contributed by atoms with Gasteiger partial charge >= 0.3 is 0 Å². The van der Waals surface area contributed by atoms with Crippen molar-refractivity contribution in [2.45, 2.75) is 38.2 Å². The molecule has 0 aliphatic carbocycles. The molecular formula is C18H26N6O2. The number of nitrogens with zero attached hydrogens (tertiary/aromatic N) is 5. The van der Waals surface area contributed by atoms with E-state index in [0.717, 1.165) is 30.0 Å². The number of aliphatic hydroxyl groups is 1. The summed E-state index contributed by atoms with van der Waals surface area (Å²) in [6, 6.07) is 0. The number of piperidine rings is 1. The summed E-state index contributed by atoms with van der Waals surface area (Å²) in [5.41, 5.74) is 1.08. The Hall–Kier alpha value is -2.48. The Morgan fingerprint density at radius 2 is 2.27 bits per heavy atom. The summed E-state index contributed by atoms with van der Waals surface area (Å²) in [5, 5.41) is 18.0. The zero-order chi connectivity index (χ0) is 18.6. The first-order valence-electron chi connectivity index (χ1n) is 8.94. The number of carbonyl (C=O) groups excluding carboxylic acids is 1. The van der Waals surface area contributed by atoms with E-state index in [0.29, 0.717) is 25.8 Å². The Morgan fingerprint density at radius 3 is 2.96 bits per heavy atom. The van der Waals surface area contributed by atoms with Crippen molar-refractivity contribution in [1.29, 1.82) is 0 Å². The van der Waals surface area contributed by atoms with Gasteiger partial charge in [-0.25, -0.2) is 4.98 Å². The molecule has 1 atom stereocenters. The van der Waals surface area contributed by atoms with Gasteiger partial charge in [0.05, 0.1) is 17.5 Å². The first kappa shape index (κ1) is 18.3. The molecule has 2 N–H and O–H groups in total. The Labute approximate surface area is 153 Å². The van der Waals surface area contributed by atoms with Crippen molar-refractivity contribution in [2.75, 3.05) is 24.5 Å². The average molecular weight is 358 g/mol. The molecule has 0 unspecified atom stereocenters. The van der Waals surface area contributed by atoms with Gasteiger partial charge in [-0.1, -0.05) is 0 Å². The molecule has 2 aromatic heterocycles. The molecule has 8 nitrogen and oxygen atoms in total. The third-order valence-corrected chi connectivity index (χ3v) is 4.78. The van der Waals surface area contributed by atoms with Crippen LogP contribution in [0.3, 0.4) is 0 Å². The summed E-state index contributed by atoms with van der Waals surface area (Å²) < 4.78 is 1.76. The van der Waals surface area contributed by atoms with Crippen molar-refractivity contribution < 1.29 is 9.90 Å². The maximum Gasteiger partial charge on any atom is 0.220 e. The van der Waals surface area contributed by atoms with E-state index in [2.05, 4.69) is 20.4 Å². The number of aromatic nitrogens is 4. The summed E-state index contributed by atoms with van der Waals surface area (Å²) in [6.45, 7) is 3.45. The van der Waals surface area contributed by atoms with Gasteiger partial charge in [-0.15, -0.1) is 0 Å². The monoisotopic (exact) mass is 358 g/mol. The summed E-state index contributed by atoms with van der Waals surface area (Å²) in [4.78, 5) is 22.6. The molecule has 3 heterocycles. The van der Waals surface area contributed by atoms with Gasteiger partial charge in [-0.05, 0) is 31.7 Å². The van der Waals surface area contributed by atoms with E-state index in [9.17, 15) is 9.90 Å². The fourth-order valence-electron chi connectivity index (χ4n) is 3.40. The SMILES string of the molecule is Cc1nn(C)cc1CCC(=O)NC[C@@]1(O)CCCN(c2cnccn2)C1. The summed E-state index contributed by atoms with van der Waals surface area (Å²) in [6.07, 6.45) is 9.45. The van der Waals surface area contributed by atoms with Crippen LogP contribution in [0.15, 0.2) is 24.8 Å². The fourth-order valence-corrected chi connectivity index (χ4v) is 3.40. The predicted octanol–water partition coefficient (Wildman–Crippen LogP) is 0.599. The number of hydrogen-bond donors (Lipinski definition) is 2. The van der Waals surface area contributed by atoms with Crippen LogP contribution in [-0.2, 0) is 18.3 Å². The van der Waals surface area contributed by atoms with Gasteiger partial charge in [-0.3, -0.25) is 14.5 Å². The highest BCUT2D eigenvalue weighted by Crippen LogP contribution is 2.24. The molecule has 8 heteroatoms. The second kappa shape index (κ2) is 7.82. The number of β-amino-alcohol motifs (C(OH)–C–C–N with tert-alkyl or cyclic N) is 1. The minimum atomic E-state index is -0.949. The molecule has 2 aromatic rings. The molecular weight excluding hydrogens is 332 g/mol. The Bertz CT molecular complexity index is 747. The van der Waals surface area contributed by atoms with E-state index >= 15 is 0 Å². The van der Waals surface area contributed by atoms with E-state index in [1.807, 2.05) is 25.1 Å². The molecule has 0 aromatic carbocycles. The van der Waals surface area contributed by atoms with Gasteiger partial charge in [0.1, 0.15) is 5.82 Å². The molecule has 1 saturated heterocycles. The van der Waals surface area contributed by atoms with Crippen LogP contribution in [0.2, 0.25) is 0 Å². The zero-order valence-corrected chi connectivity index (χ0v) is 15.4. The summed E-state index contributed by atoms with van der Waals surface area (Å²) >= 11 is 0. The Morgan fingerprint density at radius 1 is 1.42 bits per heavy atom. The van der Waals surface area contributed by atoms with Crippen LogP contribution in [0, 0.1) is 6.92 Å². The second-order valence-corrected chi connectivity index (χ2v) is 7.00. The number of nitrogens with one attached hydrogen (secondary N) is 1. The first-order valence-corrected chi connectivity index (χ1v) is 8.94. The lowest BCUT2D eigenvalue weighted by Gasteiger charge is -2.39. The largest absolute Gasteiger partial charge is 0.386 e. The van der Waals surface area contributed by atoms with Crippen molar-refractivity contribution in [3.63, 3.8) is 0 Å². The van der Waals surface area contributed by atoms with Crippen LogP contribution < -0.4 is 10.2 Å². The second-order valence-electron chi connectivity index (χ2n) is 7.00. The van der Waals surface area contributed by atoms with Gasteiger partial charge in [0.15, 0.2) is 0 Å². The minimum Gasteiger partial charge on any atom is -0.386 e.